The summed E-state index contributed by atoms with van der Waals surface area (Å²) in [6.45, 7) is 8.86. The number of morpholine rings is 1. The van der Waals surface area contributed by atoms with Crippen molar-refractivity contribution in [3.8, 4) is 0 Å². The third-order valence-electron chi connectivity index (χ3n) is 4.28. The van der Waals surface area contributed by atoms with Crippen LogP contribution in [-0.2, 0) is 16.1 Å². The molecule has 1 fully saturated rings. The molecule has 2 aromatic rings. The minimum Gasteiger partial charge on any atom is -0.369 e. The first-order chi connectivity index (χ1) is 11.3. The Labute approximate surface area is 141 Å². The van der Waals surface area contributed by atoms with E-state index in [-0.39, 0.29) is 29.7 Å². The second kappa shape index (κ2) is 6.02. The predicted octanol–water partition coefficient (Wildman–Crippen LogP) is 1.73. The Morgan fingerprint density at radius 3 is 2.88 bits per heavy atom. The Hall–Kier alpha value is -2.21. The number of rotatable bonds is 2. The van der Waals surface area contributed by atoms with Gasteiger partial charge in [-0.1, -0.05) is 12.1 Å². The monoisotopic (exact) mass is 329 g/mol. The fraction of sp³-hybridized carbons (Fsp3) is 0.500. The molecule has 1 atom stereocenters. The van der Waals surface area contributed by atoms with Crippen LogP contribution < -0.4 is 5.56 Å². The van der Waals surface area contributed by atoms with Crippen molar-refractivity contribution in [1.29, 1.82) is 0 Å². The largest absolute Gasteiger partial charge is 0.369 e. The maximum Gasteiger partial charge on any atom is 0.261 e. The highest BCUT2D eigenvalue weighted by molar-refractivity contribution is 5.81. The molecule has 3 rings (SSSR count). The summed E-state index contributed by atoms with van der Waals surface area (Å²) in [5.41, 5.74) is 1.08. The summed E-state index contributed by atoms with van der Waals surface area (Å²) in [7, 11) is 0. The summed E-state index contributed by atoms with van der Waals surface area (Å²) in [6.07, 6.45) is 1.44. The third-order valence-corrected chi connectivity index (χ3v) is 4.28. The van der Waals surface area contributed by atoms with Gasteiger partial charge in [-0.2, -0.15) is 0 Å². The molecule has 2 heterocycles. The quantitative estimate of drug-likeness (QED) is 0.842. The van der Waals surface area contributed by atoms with Crippen LogP contribution in [0.5, 0.6) is 0 Å². The lowest BCUT2D eigenvalue weighted by molar-refractivity contribution is -0.158. The molecular formula is C18H23N3O3. The molecule has 1 aliphatic rings. The maximum absolute atomic E-state index is 12.6. The Bertz CT molecular complexity index is 841. The molecule has 128 valence electrons. The topological polar surface area (TPSA) is 64.4 Å². The minimum atomic E-state index is -0.378. The van der Waals surface area contributed by atoms with Gasteiger partial charge < -0.3 is 9.64 Å². The van der Waals surface area contributed by atoms with E-state index in [2.05, 4.69) is 4.98 Å². The smallest absolute Gasteiger partial charge is 0.261 e. The third kappa shape index (κ3) is 3.19. The molecule has 1 aliphatic heterocycles. The number of aryl methyl sites for hydroxylation is 1. The highest BCUT2D eigenvalue weighted by Gasteiger charge is 2.33. The lowest BCUT2D eigenvalue weighted by Crippen LogP contribution is -2.54. The molecule has 6 nitrogen and oxygen atoms in total. The number of ether oxygens (including phenoxy) is 1. The molecule has 1 saturated heterocycles. The van der Waals surface area contributed by atoms with Crippen LogP contribution in [0.25, 0.3) is 10.9 Å². The lowest BCUT2D eigenvalue weighted by Gasteiger charge is -2.41. The zero-order valence-corrected chi connectivity index (χ0v) is 14.6. The fourth-order valence-corrected chi connectivity index (χ4v) is 3.34. The lowest BCUT2D eigenvalue weighted by atomic mass is 10.1. The highest BCUT2D eigenvalue weighted by Crippen LogP contribution is 2.21. The van der Waals surface area contributed by atoms with Gasteiger partial charge in [-0.05, 0) is 39.3 Å². The van der Waals surface area contributed by atoms with Crippen molar-refractivity contribution < 1.29 is 9.53 Å². The van der Waals surface area contributed by atoms with Crippen LogP contribution in [0.4, 0.5) is 0 Å². The molecular weight excluding hydrogens is 306 g/mol. The standard InChI is InChI=1S/C18H23N3O3/c1-12-6-5-7-14-16(12)19-11-21(17(14)23)9-15(22)20-8-13(2)24-18(3,4)10-20/h5-7,11,13H,8-10H2,1-4H3. The van der Waals surface area contributed by atoms with E-state index in [1.54, 1.807) is 11.0 Å². The van der Waals surface area contributed by atoms with Gasteiger partial charge in [0.2, 0.25) is 5.91 Å². The van der Waals surface area contributed by atoms with Crippen LogP contribution in [0.1, 0.15) is 26.3 Å². The molecule has 0 saturated carbocycles. The van der Waals surface area contributed by atoms with Crippen molar-refractivity contribution in [2.24, 2.45) is 0 Å². The summed E-state index contributed by atoms with van der Waals surface area (Å²) >= 11 is 0. The van der Waals surface area contributed by atoms with Gasteiger partial charge in [-0.15, -0.1) is 0 Å². The first-order valence-corrected chi connectivity index (χ1v) is 8.17. The Balaban J connectivity index is 1.86. The normalized spacial score (nSPS) is 20.3. The summed E-state index contributed by atoms with van der Waals surface area (Å²) in [4.78, 5) is 31.4. The number of amides is 1. The van der Waals surface area contributed by atoms with Crippen LogP contribution in [0, 0.1) is 6.92 Å². The molecule has 0 aliphatic carbocycles. The van der Waals surface area contributed by atoms with Gasteiger partial charge in [0.05, 0.1) is 28.9 Å². The molecule has 0 bridgehead atoms. The van der Waals surface area contributed by atoms with E-state index >= 15 is 0 Å². The van der Waals surface area contributed by atoms with Crippen LogP contribution in [0.3, 0.4) is 0 Å². The van der Waals surface area contributed by atoms with E-state index in [0.29, 0.717) is 24.0 Å². The first kappa shape index (κ1) is 16.6. The predicted molar refractivity (Wildman–Crippen MR) is 91.9 cm³/mol. The van der Waals surface area contributed by atoms with Crippen molar-refractivity contribution in [1.82, 2.24) is 14.5 Å². The number of aromatic nitrogens is 2. The fourth-order valence-electron chi connectivity index (χ4n) is 3.34. The van der Waals surface area contributed by atoms with Crippen LogP contribution in [0.2, 0.25) is 0 Å². The minimum absolute atomic E-state index is 0.00147. The van der Waals surface area contributed by atoms with Crippen molar-refractivity contribution >= 4 is 16.8 Å². The first-order valence-electron chi connectivity index (χ1n) is 8.17. The van der Waals surface area contributed by atoms with E-state index in [9.17, 15) is 9.59 Å². The summed E-state index contributed by atoms with van der Waals surface area (Å²) < 4.78 is 7.21. The summed E-state index contributed by atoms with van der Waals surface area (Å²) in [5, 5.41) is 0.543. The second-order valence-corrected chi connectivity index (χ2v) is 7.11. The highest BCUT2D eigenvalue weighted by atomic mass is 16.5. The Morgan fingerprint density at radius 1 is 1.42 bits per heavy atom. The van der Waals surface area contributed by atoms with Gasteiger partial charge in [0.1, 0.15) is 6.54 Å². The van der Waals surface area contributed by atoms with Gasteiger partial charge in [0, 0.05) is 13.1 Å². The molecule has 1 aromatic heterocycles. The van der Waals surface area contributed by atoms with E-state index < -0.39 is 0 Å². The van der Waals surface area contributed by atoms with Crippen LogP contribution in [0.15, 0.2) is 29.3 Å². The molecule has 0 radical (unpaired) electrons. The average Bonchev–Trinajstić information content (AvgIpc) is 2.48. The van der Waals surface area contributed by atoms with Gasteiger partial charge in [0.25, 0.3) is 5.56 Å². The second-order valence-electron chi connectivity index (χ2n) is 7.11. The molecule has 6 heteroatoms. The molecule has 1 amide bonds. The summed E-state index contributed by atoms with van der Waals surface area (Å²) in [6, 6.07) is 5.50. The number of hydrogen-bond acceptors (Lipinski definition) is 4. The zero-order valence-electron chi connectivity index (χ0n) is 14.6. The SMILES string of the molecule is Cc1cccc2c(=O)n(CC(=O)N3CC(C)OC(C)(C)C3)cnc12. The molecule has 1 aromatic carbocycles. The van der Waals surface area contributed by atoms with Crippen molar-refractivity contribution in [3.05, 3.63) is 40.4 Å². The number of carbonyl (C=O) groups excluding carboxylic acids is 1. The number of carbonyl (C=O) groups is 1. The number of benzene rings is 1. The maximum atomic E-state index is 12.6. The summed E-state index contributed by atoms with van der Waals surface area (Å²) in [5.74, 6) is -0.0888. The van der Waals surface area contributed by atoms with Crippen molar-refractivity contribution in [2.75, 3.05) is 13.1 Å². The van der Waals surface area contributed by atoms with E-state index in [1.165, 1.54) is 10.9 Å². The molecule has 0 N–H and O–H groups in total. The van der Waals surface area contributed by atoms with Crippen LogP contribution in [-0.4, -0.2) is 45.2 Å². The zero-order chi connectivity index (χ0) is 17.5. The van der Waals surface area contributed by atoms with Gasteiger partial charge in [-0.3, -0.25) is 14.2 Å². The van der Waals surface area contributed by atoms with E-state index in [4.69, 9.17) is 4.74 Å². The average molecular weight is 329 g/mol. The van der Waals surface area contributed by atoms with E-state index in [0.717, 1.165) is 5.56 Å². The van der Waals surface area contributed by atoms with Gasteiger partial charge in [-0.25, -0.2) is 4.98 Å². The number of hydrogen-bond donors (Lipinski definition) is 0. The Kier molecular flexibility index (Phi) is 4.17. The molecule has 1 unspecified atom stereocenters. The number of para-hydroxylation sites is 1. The van der Waals surface area contributed by atoms with Crippen LogP contribution >= 0.6 is 0 Å². The number of fused-ring (bicyclic) bond motifs is 1. The van der Waals surface area contributed by atoms with Gasteiger partial charge >= 0.3 is 0 Å². The van der Waals surface area contributed by atoms with Crippen molar-refractivity contribution in [2.45, 2.75) is 45.9 Å². The van der Waals surface area contributed by atoms with E-state index in [1.807, 2.05) is 39.8 Å². The Morgan fingerprint density at radius 2 is 2.17 bits per heavy atom. The van der Waals surface area contributed by atoms with Crippen molar-refractivity contribution in [3.63, 3.8) is 0 Å². The molecule has 24 heavy (non-hydrogen) atoms. The van der Waals surface area contributed by atoms with Gasteiger partial charge in [0.15, 0.2) is 0 Å². The number of nitrogens with zero attached hydrogens (tertiary/aromatic N) is 3. The molecule has 0 spiro atoms.